The first-order chi connectivity index (χ1) is 14.6. The van der Waals surface area contributed by atoms with E-state index < -0.39 is 0 Å². The fraction of sp³-hybridized carbons (Fsp3) is 0.391. The molecular formula is C23H28N4O2S. The van der Waals surface area contributed by atoms with Crippen LogP contribution >= 0.6 is 11.8 Å². The molecule has 7 heteroatoms. The Bertz CT molecular complexity index is 912. The molecule has 30 heavy (non-hydrogen) atoms. The van der Waals surface area contributed by atoms with E-state index >= 15 is 0 Å². The van der Waals surface area contributed by atoms with Crippen LogP contribution in [0.1, 0.15) is 12.0 Å². The number of aryl methyl sites for hydroxylation is 1. The van der Waals surface area contributed by atoms with E-state index in [4.69, 9.17) is 0 Å². The molecule has 2 aromatic rings. The summed E-state index contributed by atoms with van der Waals surface area (Å²) in [4.78, 5) is 30.4. The van der Waals surface area contributed by atoms with Crippen LogP contribution in [0.5, 0.6) is 0 Å². The number of hydrogen-bond acceptors (Lipinski definition) is 5. The monoisotopic (exact) mass is 424 g/mol. The predicted molar refractivity (Wildman–Crippen MR) is 122 cm³/mol. The molecule has 4 rings (SSSR count). The molecule has 158 valence electrons. The van der Waals surface area contributed by atoms with Crippen molar-refractivity contribution < 1.29 is 9.59 Å². The van der Waals surface area contributed by atoms with E-state index in [0.717, 1.165) is 43.3 Å². The summed E-state index contributed by atoms with van der Waals surface area (Å²) in [7, 11) is 0. The Kier molecular flexibility index (Phi) is 6.59. The molecule has 0 bridgehead atoms. The van der Waals surface area contributed by atoms with Crippen molar-refractivity contribution in [1.82, 2.24) is 10.2 Å². The summed E-state index contributed by atoms with van der Waals surface area (Å²) in [6.07, 6.45) is 0.200. The normalized spacial score (nSPS) is 19.2. The average Bonchev–Trinajstić information content (AvgIpc) is 2.75. The molecule has 0 aliphatic carbocycles. The van der Waals surface area contributed by atoms with Crippen LogP contribution < -0.4 is 15.5 Å². The highest BCUT2D eigenvalue weighted by Gasteiger charge is 2.28. The van der Waals surface area contributed by atoms with Gasteiger partial charge in [-0.1, -0.05) is 24.3 Å². The second-order valence-corrected chi connectivity index (χ2v) is 9.06. The minimum absolute atomic E-state index is 0.0690. The van der Waals surface area contributed by atoms with Crippen molar-refractivity contribution in [3.8, 4) is 0 Å². The molecule has 1 saturated heterocycles. The summed E-state index contributed by atoms with van der Waals surface area (Å²) in [5.74, 6) is -0.165. The Balaban J connectivity index is 1.17. The topological polar surface area (TPSA) is 64.7 Å². The van der Waals surface area contributed by atoms with E-state index in [1.165, 1.54) is 23.0 Å². The third-order valence-corrected chi connectivity index (χ3v) is 6.84. The first kappa shape index (κ1) is 20.8. The van der Waals surface area contributed by atoms with Gasteiger partial charge >= 0.3 is 0 Å². The van der Waals surface area contributed by atoms with E-state index in [-0.39, 0.29) is 23.5 Å². The van der Waals surface area contributed by atoms with E-state index in [0.29, 0.717) is 6.54 Å². The minimum Gasteiger partial charge on any atom is -0.369 e. The van der Waals surface area contributed by atoms with Gasteiger partial charge in [0.05, 0.1) is 10.9 Å². The molecule has 2 N–H and O–H groups in total. The van der Waals surface area contributed by atoms with Crippen LogP contribution in [0.25, 0.3) is 0 Å². The zero-order chi connectivity index (χ0) is 20.9. The Labute approximate surface area is 182 Å². The number of rotatable bonds is 6. The zero-order valence-electron chi connectivity index (χ0n) is 17.3. The maximum Gasteiger partial charge on any atom is 0.238 e. The van der Waals surface area contributed by atoms with Crippen molar-refractivity contribution in [2.75, 3.05) is 49.5 Å². The van der Waals surface area contributed by atoms with Crippen LogP contribution in [-0.4, -0.2) is 61.2 Å². The van der Waals surface area contributed by atoms with Crippen molar-refractivity contribution in [3.05, 3.63) is 54.1 Å². The second kappa shape index (κ2) is 9.53. The number of thioether (sulfide) groups is 1. The van der Waals surface area contributed by atoms with Gasteiger partial charge in [-0.2, -0.15) is 0 Å². The molecule has 0 saturated carbocycles. The van der Waals surface area contributed by atoms with E-state index in [1.54, 1.807) is 0 Å². The number of fused-ring (bicyclic) bond motifs is 1. The summed E-state index contributed by atoms with van der Waals surface area (Å²) in [5.41, 5.74) is 3.40. The van der Waals surface area contributed by atoms with Gasteiger partial charge in [0.1, 0.15) is 0 Å². The Morgan fingerprint density at radius 3 is 2.73 bits per heavy atom. The predicted octanol–water partition coefficient (Wildman–Crippen LogP) is 2.74. The Morgan fingerprint density at radius 1 is 1.13 bits per heavy atom. The van der Waals surface area contributed by atoms with Gasteiger partial charge in [-0.05, 0) is 36.8 Å². The molecule has 2 aliphatic heterocycles. The van der Waals surface area contributed by atoms with Crippen LogP contribution in [0.15, 0.2) is 53.4 Å². The maximum absolute atomic E-state index is 12.3. The summed E-state index contributed by atoms with van der Waals surface area (Å²) in [5, 5.41) is 5.50. The summed E-state index contributed by atoms with van der Waals surface area (Å²) in [6, 6.07) is 16.3. The van der Waals surface area contributed by atoms with Crippen LogP contribution in [0.3, 0.4) is 0 Å². The lowest BCUT2D eigenvalue weighted by molar-refractivity contribution is -0.124. The number of nitrogens with zero attached hydrogens (tertiary/aromatic N) is 2. The number of benzene rings is 2. The van der Waals surface area contributed by atoms with Crippen molar-refractivity contribution >= 4 is 35.0 Å². The van der Waals surface area contributed by atoms with Crippen molar-refractivity contribution in [3.63, 3.8) is 0 Å². The molecule has 2 amide bonds. The second-order valence-electron chi connectivity index (χ2n) is 7.81. The fourth-order valence-electron chi connectivity index (χ4n) is 3.88. The average molecular weight is 425 g/mol. The van der Waals surface area contributed by atoms with Gasteiger partial charge in [-0.15, -0.1) is 11.8 Å². The highest BCUT2D eigenvalue weighted by molar-refractivity contribution is 8.01. The fourth-order valence-corrected chi connectivity index (χ4v) is 4.99. The number of hydrogen-bond donors (Lipinski definition) is 2. The molecule has 1 atom stereocenters. The van der Waals surface area contributed by atoms with Crippen LogP contribution in [0.2, 0.25) is 0 Å². The molecule has 2 aromatic carbocycles. The molecule has 6 nitrogen and oxygen atoms in total. The number of anilines is 2. The number of para-hydroxylation sites is 1. The summed E-state index contributed by atoms with van der Waals surface area (Å²) in [6.45, 7) is 7.53. The van der Waals surface area contributed by atoms with E-state index in [9.17, 15) is 9.59 Å². The lowest BCUT2D eigenvalue weighted by atomic mass is 10.2. The quantitative estimate of drug-likeness (QED) is 0.747. The molecule has 1 fully saturated rings. The smallest absolute Gasteiger partial charge is 0.238 e. The van der Waals surface area contributed by atoms with Gasteiger partial charge in [0.25, 0.3) is 0 Å². The summed E-state index contributed by atoms with van der Waals surface area (Å²) < 4.78 is 0. The first-order valence-corrected chi connectivity index (χ1v) is 11.3. The Morgan fingerprint density at radius 2 is 1.93 bits per heavy atom. The molecular weight excluding hydrogens is 396 g/mol. The largest absolute Gasteiger partial charge is 0.369 e. The molecule has 2 heterocycles. The maximum atomic E-state index is 12.3. The number of piperazine rings is 1. The van der Waals surface area contributed by atoms with Gasteiger partial charge in [0.2, 0.25) is 11.8 Å². The SMILES string of the molecule is Cc1cccc(N2CCN(CCNC(=O)C[C@H]3Sc4ccccc4NC3=O)CC2)c1. The lowest BCUT2D eigenvalue weighted by Gasteiger charge is -2.36. The first-order valence-electron chi connectivity index (χ1n) is 10.5. The molecule has 2 aliphatic rings. The third kappa shape index (κ3) is 5.15. The number of amides is 2. The van der Waals surface area contributed by atoms with Crippen molar-refractivity contribution in [2.45, 2.75) is 23.5 Å². The van der Waals surface area contributed by atoms with E-state index in [1.807, 2.05) is 24.3 Å². The number of carbonyl (C=O) groups excluding carboxylic acids is 2. The summed E-state index contributed by atoms with van der Waals surface area (Å²) >= 11 is 1.47. The molecule has 0 spiro atoms. The standard InChI is InChI=1S/C23H28N4O2S/c1-17-5-4-6-18(15-17)27-13-11-26(12-14-27)10-9-24-22(28)16-21-23(29)25-19-7-2-3-8-20(19)30-21/h2-8,15,21H,9-14,16H2,1H3,(H,24,28)(H,25,29)/t21-/m1/s1. The van der Waals surface area contributed by atoms with Gasteiger partial charge in [-0.25, -0.2) is 0 Å². The minimum atomic E-state index is -0.377. The van der Waals surface area contributed by atoms with Crippen LogP contribution in [0, 0.1) is 6.92 Å². The highest BCUT2D eigenvalue weighted by Crippen LogP contribution is 2.36. The van der Waals surface area contributed by atoms with Gasteiger partial charge < -0.3 is 15.5 Å². The van der Waals surface area contributed by atoms with Gasteiger partial charge in [0.15, 0.2) is 0 Å². The zero-order valence-corrected chi connectivity index (χ0v) is 18.1. The van der Waals surface area contributed by atoms with Crippen molar-refractivity contribution in [1.29, 1.82) is 0 Å². The third-order valence-electron chi connectivity index (χ3n) is 5.57. The molecule has 0 aromatic heterocycles. The van der Waals surface area contributed by atoms with Crippen LogP contribution in [-0.2, 0) is 9.59 Å². The lowest BCUT2D eigenvalue weighted by Crippen LogP contribution is -2.48. The molecule has 0 radical (unpaired) electrons. The van der Waals surface area contributed by atoms with Gasteiger partial charge in [0, 0.05) is 56.3 Å². The van der Waals surface area contributed by atoms with E-state index in [2.05, 4.69) is 51.6 Å². The highest BCUT2D eigenvalue weighted by atomic mass is 32.2. The van der Waals surface area contributed by atoms with Crippen molar-refractivity contribution in [2.24, 2.45) is 0 Å². The Hall–Kier alpha value is -2.51. The van der Waals surface area contributed by atoms with Gasteiger partial charge in [-0.3, -0.25) is 14.5 Å². The number of carbonyl (C=O) groups is 2. The van der Waals surface area contributed by atoms with Crippen LogP contribution in [0.4, 0.5) is 11.4 Å². The molecule has 0 unspecified atom stereocenters. The number of nitrogens with one attached hydrogen (secondary N) is 2.